The maximum atomic E-state index is 8.77. The van der Waals surface area contributed by atoms with Gasteiger partial charge in [0, 0.05) is 0 Å². The Balaban J connectivity index is -0.0000000800. The normalized spacial score (nSPS) is 7.44. The molecule has 0 heterocycles. The molecule has 0 spiro atoms. The third-order valence-electron chi connectivity index (χ3n) is 0. The molecule has 0 atom stereocenters. The summed E-state index contributed by atoms with van der Waals surface area (Å²) in [6.45, 7) is 0. The van der Waals surface area contributed by atoms with E-state index >= 15 is 0 Å². The number of rotatable bonds is 0. The monoisotopic (exact) mass is 242 g/mol. The second-order valence-electron chi connectivity index (χ2n) is 0.574. The zero-order valence-corrected chi connectivity index (χ0v) is 10.6. The molecular formula is H2GeKO6P. The molecular weight excluding hydrogens is 239 g/mol. The van der Waals surface area contributed by atoms with E-state index in [1.165, 1.54) is 0 Å². The van der Waals surface area contributed by atoms with E-state index < -0.39 is 23.1 Å². The fourth-order valence-electron chi connectivity index (χ4n) is 0. The molecule has 0 radical (unpaired) electrons. The fraction of sp³-hybridized carbons (Fsp3) is 0. The van der Waals surface area contributed by atoms with Crippen molar-refractivity contribution < 1.29 is 78.2 Å². The van der Waals surface area contributed by atoms with Crippen molar-refractivity contribution in [2.75, 3.05) is 0 Å². The molecule has 0 aromatic heterocycles. The molecule has 0 aliphatic carbocycles. The first kappa shape index (κ1) is 17.1. The second kappa shape index (κ2) is 9.89. The van der Waals surface area contributed by atoms with E-state index in [9.17, 15) is 0 Å². The predicted molar refractivity (Wildman–Crippen MR) is 19.2 cm³/mol. The average Bonchev–Trinajstić information content (AvgIpc) is 1.27. The van der Waals surface area contributed by atoms with Crippen LogP contribution in [0.2, 0.25) is 0 Å². The van der Waals surface area contributed by atoms with Gasteiger partial charge < -0.3 is 14.7 Å². The van der Waals surface area contributed by atoms with Gasteiger partial charge in [-0.3, -0.25) is 4.57 Å². The Morgan fingerprint density at radius 2 is 1.33 bits per heavy atom. The molecule has 9 heavy (non-hydrogen) atoms. The third kappa shape index (κ3) is 172. The molecule has 0 aromatic rings. The molecule has 0 fully saturated rings. The third-order valence-corrected chi connectivity index (χ3v) is 0. The Morgan fingerprint density at radius 3 is 1.33 bits per heavy atom. The van der Waals surface area contributed by atoms with Gasteiger partial charge in [0.05, 0.1) is 0 Å². The second-order valence-corrected chi connectivity index (χ2v) is 1.90. The molecule has 6 nitrogen and oxygen atoms in total. The van der Waals surface area contributed by atoms with Crippen molar-refractivity contribution in [1.82, 2.24) is 0 Å². The first-order valence-corrected chi connectivity index (χ1v) is 4.42. The van der Waals surface area contributed by atoms with Crippen LogP contribution in [0.5, 0.6) is 0 Å². The van der Waals surface area contributed by atoms with Crippen LogP contribution < -0.4 is 56.3 Å². The predicted octanol–water partition coefficient (Wildman–Crippen LogP) is -5.17. The summed E-state index contributed by atoms with van der Waals surface area (Å²) in [4.78, 5) is 22.9. The summed E-state index contributed by atoms with van der Waals surface area (Å²) < 4.78 is 25.8. The van der Waals surface area contributed by atoms with Gasteiger partial charge in [0.1, 0.15) is 0 Å². The summed E-state index contributed by atoms with van der Waals surface area (Å²) >= 11 is -2.00. The molecule has 0 rings (SSSR count). The van der Waals surface area contributed by atoms with Gasteiger partial charge in [-0.25, -0.2) is 0 Å². The fourth-order valence-corrected chi connectivity index (χ4v) is 0. The Bertz CT molecular complexity index is 111. The quantitative estimate of drug-likeness (QED) is 0.323. The van der Waals surface area contributed by atoms with Crippen LogP contribution in [-0.2, 0) is 12.1 Å². The van der Waals surface area contributed by atoms with Gasteiger partial charge in [0.15, 0.2) is 0 Å². The standard InChI is InChI=1S/GeO2.K.H3O4P/c2-1-3;;1-5(2,3)4/h;;(H3,1,2,3,4)/q;+1;/p-1. The van der Waals surface area contributed by atoms with Gasteiger partial charge in [-0.2, -0.15) is 0 Å². The molecule has 0 saturated carbocycles. The van der Waals surface area contributed by atoms with E-state index in [0.29, 0.717) is 0 Å². The molecule has 0 aliphatic heterocycles. The van der Waals surface area contributed by atoms with Gasteiger partial charge in [0.2, 0.25) is 0 Å². The van der Waals surface area contributed by atoms with E-state index in [1.54, 1.807) is 0 Å². The van der Waals surface area contributed by atoms with E-state index in [1.807, 2.05) is 0 Å². The Morgan fingerprint density at radius 1 is 1.33 bits per heavy atom. The minimum atomic E-state index is -4.89. The molecule has 0 saturated heterocycles. The van der Waals surface area contributed by atoms with Gasteiger partial charge in [0.25, 0.3) is 7.82 Å². The van der Waals surface area contributed by atoms with E-state index in [0.717, 1.165) is 0 Å². The summed E-state index contributed by atoms with van der Waals surface area (Å²) in [6, 6.07) is 0. The van der Waals surface area contributed by atoms with Crippen LogP contribution >= 0.6 is 7.82 Å². The molecule has 0 aromatic carbocycles. The van der Waals surface area contributed by atoms with Crippen molar-refractivity contribution in [2.45, 2.75) is 0 Å². The Labute approximate surface area is 99.6 Å². The van der Waals surface area contributed by atoms with Crippen LogP contribution in [0.15, 0.2) is 0 Å². The molecule has 0 aliphatic rings. The first-order valence-electron chi connectivity index (χ1n) is 1.17. The Hall–Kier alpha value is 1.89. The Kier molecular flexibility index (Phi) is 18.8. The van der Waals surface area contributed by atoms with E-state index in [2.05, 4.69) is 0 Å². The summed E-state index contributed by atoms with van der Waals surface area (Å²) in [7, 11) is -4.89. The van der Waals surface area contributed by atoms with Crippen molar-refractivity contribution in [2.24, 2.45) is 0 Å². The molecule has 0 amide bonds. The van der Waals surface area contributed by atoms with Crippen molar-refractivity contribution in [3.63, 3.8) is 0 Å². The zero-order chi connectivity index (χ0) is 7.21. The summed E-state index contributed by atoms with van der Waals surface area (Å²) in [5.74, 6) is 0. The van der Waals surface area contributed by atoms with E-state index in [4.69, 9.17) is 26.8 Å². The number of hydrogen-bond donors (Lipinski definition) is 2. The van der Waals surface area contributed by atoms with E-state index in [-0.39, 0.29) is 51.4 Å². The van der Waals surface area contributed by atoms with Crippen LogP contribution in [0.4, 0.5) is 0 Å². The maximum absolute atomic E-state index is 8.77. The van der Waals surface area contributed by atoms with Crippen LogP contribution in [0.3, 0.4) is 0 Å². The molecule has 9 heteroatoms. The molecule has 0 unspecified atom stereocenters. The van der Waals surface area contributed by atoms with Gasteiger partial charge >= 0.3 is 74.2 Å². The van der Waals surface area contributed by atoms with Crippen molar-refractivity contribution in [1.29, 1.82) is 0 Å². The van der Waals surface area contributed by atoms with Crippen molar-refractivity contribution >= 4 is 23.1 Å². The zero-order valence-electron chi connectivity index (χ0n) is 4.47. The summed E-state index contributed by atoms with van der Waals surface area (Å²) in [5.41, 5.74) is 0. The summed E-state index contributed by atoms with van der Waals surface area (Å²) in [5, 5.41) is 0. The van der Waals surface area contributed by atoms with Gasteiger partial charge in [-0.15, -0.1) is 0 Å². The van der Waals surface area contributed by atoms with Crippen LogP contribution in [-0.4, -0.2) is 25.1 Å². The van der Waals surface area contributed by atoms with Gasteiger partial charge in [-0.05, 0) is 0 Å². The van der Waals surface area contributed by atoms with Crippen LogP contribution in [0.1, 0.15) is 0 Å². The van der Waals surface area contributed by atoms with Crippen molar-refractivity contribution in [3.8, 4) is 0 Å². The number of hydrogen-bond acceptors (Lipinski definition) is 4. The molecule has 0 bridgehead atoms. The SMILES string of the molecule is O=P([O-])(O)O.[K+].[O]=[Ge]=[O]. The number of phosphoric acid groups is 1. The van der Waals surface area contributed by atoms with Gasteiger partial charge in [-0.1, -0.05) is 0 Å². The minimum absolute atomic E-state index is 0. The van der Waals surface area contributed by atoms with Crippen molar-refractivity contribution in [3.05, 3.63) is 0 Å². The van der Waals surface area contributed by atoms with Crippen LogP contribution in [0, 0.1) is 0 Å². The van der Waals surface area contributed by atoms with Crippen LogP contribution in [0.25, 0.3) is 0 Å². The summed E-state index contributed by atoms with van der Waals surface area (Å²) in [6.07, 6.45) is 0. The average molecular weight is 241 g/mol. The topological polar surface area (TPSA) is 115 Å². The molecule has 48 valence electrons. The first-order chi connectivity index (χ1) is 3.41. The molecule has 2 N–H and O–H groups in total.